The van der Waals surface area contributed by atoms with Crippen LogP contribution in [0.2, 0.25) is 0 Å². The van der Waals surface area contributed by atoms with Crippen molar-refractivity contribution in [2.75, 3.05) is 11.5 Å². The fraction of sp³-hybridized carbons (Fsp3) is 0. The first-order valence-electron chi connectivity index (χ1n) is 5.95. The SMILES string of the molecule is Nc1cc(N)cc(-c2nnnn2-c2c(F)cccc2Br)c1. The van der Waals surface area contributed by atoms with Crippen LogP contribution in [0.3, 0.4) is 0 Å². The lowest BCUT2D eigenvalue weighted by Crippen LogP contribution is -2.04. The van der Waals surface area contributed by atoms with Crippen molar-refractivity contribution in [3.05, 3.63) is 46.7 Å². The van der Waals surface area contributed by atoms with Crippen molar-refractivity contribution in [1.82, 2.24) is 20.2 Å². The molecule has 8 heteroatoms. The molecule has 0 aliphatic heterocycles. The predicted molar refractivity (Wildman–Crippen MR) is 81.1 cm³/mol. The van der Waals surface area contributed by atoms with Crippen LogP contribution in [0.25, 0.3) is 17.1 Å². The van der Waals surface area contributed by atoms with E-state index in [2.05, 4.69) is 31.5 Å². The van der Waals surface area contributed by atoms with Gasteiger partial charge >= 0.3 is 0 Å². The van der Waals surface area contributed by atoms with Gasteiger partial charge in [-0.2, -0.15) is 4.68 Å². The first-order valence-corrected chi connectivity index (χ1v) is 6.75. The number of rotatable bonds is 2. The van der Waals surface area contributed by atoms with Crippen LogP contribution in [0.1, 0.15) is 0 Å². The van der Waals surface area contributed by atoms with Gasteiger partial charge in [0.2, 0.25) is 0 Å². The number of nitrogens with two attached hydrogens (primary N) is 2. The highest BCUT2D eigenvalue weighted by Crippen LogP contribution is 2.29. The lowest BCUT2D eigenvalue weighted by atomic mass is 10.1. The monoisotopic (exact) mass is 348 g/mol. The summed E-state index contributed by atoms with van der Waals surface area (Å²) in [7, 11) is 0. The zero-order valence-electron chi connectivity index (χ0n) is 10.7. The van der Waals surface area contributed by atoms with Crippen LogP contribution >= 0.6 is 15.9 Å². The number of halogens is 2. The third-order valence-electron chi connectivity index (χ3n) is 2.85. The summed E-state index contributed by atoms with van der Waals surface area (Å²) < 4.78 is 15.9. The summed E-state index contributed by atoms with van der Waals surface area (Å²) in [5.41, 5.74) is 13.3. The van der Waals surface area contributed by atoms with E-state index in [0.29, 0.717) is 27.2 Å². The molecule has 0 unspecified atom stereocenters. The van der Waals surface area contributed by atoms with Gasteiger partial charge in [0, 0.05) is 21.4 Å². The van der Waals surface area contributed by atoms with Gasteiger partial charge in [-0.25, -0.2) is 4.39 Å². The molecule has 2 aromatic carbocycles. The Balaban J connectivity index is 2.22. The van der Waals surface area contributed by atoms with Crippen LogP contribution in [-0.2, 0) is 0 Å². The fourth-order valence-electron chi connectivity index (χ4n) is 2.01. The maximum atomic E-state index is 14.1. The van der Waals surface area contributed by atoms with E-state index in [1.807, 2.05) is 0 Å². The zero-order chi connectivity index (χ0) is 15.0. The van der Waals surface area contributed by atoms with Crippen LogP contribution in [0.5, 0.6) is 0 Å². The van der Waals surface area contributed by atoms with Crippen LogP contribution < -0.4 is 11.5 Å². The quantitative estimate of drug-likeness (QED) is 0.693. The minimum absolute atomic E-state index is 0.221. The Morgan fingerprint density at radius 1 is 1.10 bits per heavy atom. The van der Waals surface area contributed by atoms with Crippen molar-refractivity contribution in [2.24, 2.45) is 0 Å². The summed E-state index contributed by atoms with van der Waals surface area (Å²) in [5, 5.41) is 11.4. The van der Waals surface area contributed by atoms with Crippen molar-refractivity contribution in [1.29, 1.82) is 0 Å². The minimum atomic E-state index is -0.449. The highest BCUT2D eigenvalue weighted by molar-refractivity contribution is 9.10. The molecule has 0 atom stereocenters. The number of anilines is 2. The lowest BCUT2D eigenvalue weighted by molar-refractivity contribution is 0.606. The molecule has 3 rings (SSSR count). The molecule has 0 radical (unpaired) electrons. The largest absolute Gasteiger partial charge is 0.399 e. The van der Waals surface area contributed by atoms with Gasteiger partial charge in [0.15, 0.2) is 5.82 Å². The van der Waals surface area contributed by atoms with Crippen molar-refractivity contribution in [2.45, 2.75) is 0 Å². The molecule has 0 saturated heterocycles. The molecular formula is C13H10BrFN6. The number of nitrogens with zero attached hydrogens (tertiary/aromatic N) is 4. The van der Waals surface area contributed by atoms with E-state index in [-0.39, 0.29) is 5.69 Å². The topological polar surface area (TPSA) is 95.6 Å². The van der Waals surface area contributed by atoms with E-state index in [0.717, 1.165) is 0 Å². The highest BCUT2D eigenvalue weighted by atomic mass is 79.9. The second kappa shape index (κ2) is 5.13. The van der Waals surface area contributed by atoms with E-state index in [9.17, 15) is 4.39 Å². The molecule has 3 aromatic rings. The van der Waals surface area contributed by atoms with Gasteiger partial charge in [-0.15, -0.1) is 5.10 Å². The van der Waals surface area contributed by atoms with E-state index >= 15 is 0 Å². The van der Waals surface area contributed by atoms with Gasteiger partial charge in [-0.1, -0.05) is 6.07 Å². The number of para-hydroxylation sites is 1. The van der Waals surface area contributed by atoms with Crippen LogP contribution in [0, 0.1) is 5.82 Å². The van der Waals surface area contributed by atoms with Gasteiger partial charge in [-0.05, 0) is 56.7 Å². The molecule has 21 heavy (non-hydrogen) atoms. The summed E-state index contributed by atoms with van der Waals surface area (Å²) in [6, 6.07) is 9.60. The minimum Gasteiger partial charge on any atom is -0.399 e. The zero-order valence-corrected chi connectivity index (χ0v) is 12.2. The lowest BCUT2D eigenvalue weighted by Gasteiger charge is -2.09. The Bertz CT molecular complexity index is 776. The Kier molecular flexibility index (Phi) is 3.30. The molecule has 0 saturated carbocycles. The normalized spacial score (nSPS) is 10.8. The van der Waals surface area contributed by atoms with Crippen LogP contribution in [0.4, 0.5) is 15.8 Å². The number of hydrogen-bond donors (Lipinski definition) is 2. The number of hydrogen-bond acceptors (Lipinski definition) is 5. The van der Waals surface area contributed by atoms with Crippen LogP contribution in [-0.4, -0.2) is 20.2 Å². The first-order chi connectivity index (χ1) is 10.1. The Labute approximate surface area is 127 Å². The van der Waals surface area contributed by atoms with Crippen molar-refractivity contribution < 1.29 is 4.39 Å². The van der Waals surface area contributed by atoms with Crippen LogP contribution in [0.15, 0.2) is 40.9 Å². The molecule has 6 nitrogen and oxygen atoms in total. The molecule has 0 amide bonds. The molecule has 106 valence electrons. The summed E-state index contributed by atoms with van der Waals surface area (Å²) in [6.45, 7) is 0. The maximum Gasteiger partial charge on any atom is 0.187 e. The summed E-state index contributed by atoms with van der Waals surface area (Å²) in [5.74, 6) is -0.102. The summed E-state index contributed by atoms with van der Waals surface area (Å²) in [4.78, 5) is 0. The van der Waals surface area contributed by atoms with Gasteiger partial charge in [0.1, 0.15) is 11.5 Å². The molecule has 1 heterocycles. The van der Waals surface area contributed by atoms with E-state index < -0.39 is 5.82 Å². The molecular weight excluding hydrogens is 339 g/mol. The molecule has 0 fully saturated rings. The third kappa shape index (κ3) is 2.45. The average Bonchev–Trinajstić information content (AvgIpc) is 2.86. The Morgan fingerprint density at radius 2 is 1.81 bits per heavy atom. The average molecular weight is 349 g/mol. The molecule has 0 aliphatic rings. The first kappa shape index (κ1) is 13.5. The van der Waals surface area contributed by atoms with E-state index in [1.54, 1.807) is 30.3 Å². The van der Waals surface area contributed by atoms with Gasteiger partial charge < -0.3 is 11.5 Å². The molecule has 0 aliphatic carbocycles. The standard InChI is InChI=1S/C13H10BrFN6/c14-10-2-1-3-11(15)12(10)21-13(18-19-20-21)7-4-8(16)6-9(17)5-7/h1-6H,16-17H2. The number of aromatic nitrogens is 4. The smallest absolute Gasteiger partial charge is 0.187 e. The Hall–Kier alpha value is -2.48. The summed E-state index contributed by atoms with van der Waals surface area (Å²) >= 11 is 3.30. The van der Waals surface area contributed by atoms with Crippen molar-refractivity contribution in [3.63, 3.8) is 0 Å². The second-order valence-corrected chi connectivity index (χ2v) is 5.23. The number of benzene rings is 2. The van der Waals surface area contributed by atoms with Gasteiger partial charge in [0.05, 0.1) is 0 Å². The molecule has 0 bridgehead atoms. The molecule has 4 N–H and O–H groups in total. The predicted octanol–water partition coefficient (Wildman–Crippen LogP) is 2.40. The summed E-state index contributed by atoms with van der Waals surface area (Å²) in [6.07, 6.45) is 0. The van der Waals surface area contributed by atoms with Gasteiger partial charge in [0.25, 0.3) is 0 Å². The van der Waals surface area contributed by atoms with Gasteiger partial charge in [-0.3, -0.25) is 0 Å². The molecule has 0 spiro atoms. The number of tetrazole rings is 1. The van der Waals surface area contributed by atoms with Crippen molar-refractivity contribution >= 4 is 27.3 Å². The Morgan fingerprint density at radius 3 is 2.48 bits per heavy atom. The van der Waals surface area contributed by atoms with E-state index in [1.165, 1.54) is 10.7 Å². The molecule has 1 aromatic heterocycles. The highest BCUT2D eigenvalue weighted by Gasteiger charge is 2.17. The second-order valence-electron chi connectivity index (χ2n) is 4.37. The van der Waals surface area contributed by atoms with E-state index in [4.69, 9.17) is 11.5 Å². The maximum absolute atomic E-state index is 14.1. The third-order valence-corrected chi connectivity index (χ3v) is 3.49. The number of nitrogen functional groups attached to an aromatic ring is 2. The fourth-order valence-corrected chi connectivity index (χ4v) is 2.52. The van der Waals surface area contributed by atoms with Crippen molar-refractivity contribution in [3.8, 4) is 17.1 Å².